The molecule has 0 spiro atoms. The van der Waals surface area contributed by atoms with Gasteiger partial charge in [-0.25, -0.2) is 0 Å². The van der Waals surface area contributed by atoms with Crippen molar-refractivity contribution in [3.05, 3.63) is 29.8 Å². The first-order chi connectivity index (χ1) is 12.4. The van der Waals surface area contributed by atoms with Crippen molar-refractivity contribution in [3.63, 3.8) is 0 Å². The Bertz CT molecular complexity index is 587. The quantitative estimate of drug-likeness (QED) is 0.647. The number of amides is 1. The zero-order valence-corrected chi connectivity index (χ0v) is 16.8. The molecular weight excluding hydrogens is 324 g/mol. The molecule has 0 aromatic heterocycles. The van der Waals surface area contributed by atoms with Gasteiger partial charge in [0.1, 0.15) is 0 Å². The van der Waals surface area contributed by atoms with E-state index in [1.54, 1.807) is 0 Å². The molecular formula is C22H34N2O2. The summed E-state index contributed by atoms with van der Waals surface area (Å²) >= 11 is 0. The summed E-state index contributed by atoms with van der Waals surface area (Å²) in [5, 5.41) is 0. The lowest BCUT2D eigenvalue weighted by molar-refractivity contribution is -0.131. The number of nitrogens with zero attached hydrogens (tertiary/aromatic N) is 2. The topological polar surface area (TPSA) is 40.6 Å². The van der Waals surface area contributed by atoms with Crippen molar-refractivity contribution in [2.45, 2.75) is 53.4 Å². The van der Waals surface area contributed by atoms with Crippen LogP contribution in [0.3, 0.4) is 0 Å². The molecule has 1 aliphatic heterocycles. The summed E-state index contributed by atoms with van der Waals surface area (Å²) in [6.07, 6.45) is 4.01. The average molecular weight is 359 g/mol. The maximum absolute atomic E-state index is 12.4. The maximum atomic E-state index is 12.4. The molecule has 1 atom stereocenters. The number of carbonyl (C=O) groups excluding carboxylic acids is 2. The highest BCUT2D eigenvalue weighted by molar-refractivity contribution is 5.97. The van der Waals surface area contributed by atoms with Crippen LogP contribution >= 0.6 is 0 Å². The number of hydrogen-bond acceptors (Lipinski definition) is 3. The summed E-state index contributed by atoms with van der Waals surface area (Å²) in [6, 6.07) is 7.90. The third kappa shape index (κ3) is 5.58. The van der Waals surface area contributed by atoms with Crippen molar-refractivity contribution in [3.8, 4) is 0 Å². The van der Waals surface area contributed by atoms with Gasteiger partial charge < -0.3 is 9.80 Å². The van der Waals surface area contributed by atoms with Gasteiger partial charge >= 0.3 is 0 Å². The van der Waals surface area contributed by atoms with Crippen LogP contribution in [-0.2, 0) is 4.79 Å². The van der Waals surface area contributed by atoms with Crippen LogP contribution in [0.4, 0.5) is 5.69 Å². The number of benzene rings is 1. The van der Waals surface area contributed by atoms with Crippen molar-refractivity contribution in [1.82, 2.24) is 4.90 Å². The Balaban J connectivity index is 1.80. The second-order valence-corrected chi connectivity index (χ2v) is 7.84. The Morgan fingerprint density at radius 1 is 1.00 bits per heavy atom. The summed E-state index contributed by atoms with van der Waals surface area (Å²) in [7, 11) is 0. The first-order valence-electron chi connectivity index (χ1n) is 10.1. The van der Waals surface area contributed by atoms with Gasteiger partial charge in [-0.3, -0.25) is 9.59 Å². The van der Waals surface area contributed by atoms with Gasteiger partial charge in [-0.05, 0) is 36.6 Å². The third-order valence-corrected chi connectivity index (χ3v) is 5.46. The Morgan fingerprint density at radius 3 is 2.15 bits per heavy atom. The van der Waals surface area contributed by atoms with Gasteiger partial charge in [0.25, 0.3) is 0 Å². The Morgan fingerprint density at radius 2 is 1.62 bits per heavy atom. The molecule has 26 heavy (non-hydrogen) atoms. The van der Waals surface area contributed by atoms with E-state index in [-0.39, 0.29) is 11.7 Å². The lowest BCUT2D eigenvalue weighted by atomic mass is 10.0. The van der Waals surface area contributed by atoms with Crippen molar-refractivity contribution in [1.29, 1.82) is 0 Å². The summed E-state index contributed by atoms with van der Waals surface area (Å²) in [5.41, 5.74) is 1.91. The summed E-state index contributed by atoms with van der Waals surface area (Å²) in [4.78, 5) is 28.7. The zero-order valence-electron chi connectivity index (χ0n) is 16.8. The predicted octanol–water partition coefficient (Wildman–Crippen LogP) is 4.39. The van der Waals surface area contributed by atoms with Gasteiger partial charge in [-0.2, -0.15) is 0 Å². The van der Waals surface area contributed by atoms with Gasteiger partial charge in [0, 0.05) is 49.8 Å². The van der Waals surface area contributed by atoms with Crippen LogP contribution < -0.4 is 4.90 Å². The lowest BCUT2D eigenvalue weighted by Gasteiger charge is -2.36. The molecule has 1 aromatic rings. The molecule has 1 unspecified atom stereocenters. The molecule has 0 aliphatic carbocycles. The standard InChI is InChI=1S/C22H34N2O2/c1-5-18(4)7-6-8-21(25)24-15-13-23(14-16-24)20-11-9-19(10-12-20)22(26)17(2)3/h9-12,17-18H,5-8,13-16H2,1-4H3. The zero-order chi connectivity index (χ0) is 19.1. The van der Waals surface area contributed by atoms with Crippen LogP contribution in [0.25, 0.3) is 0 Å². The molecule has 1 aromatic carbocycles. The molecule has 4 heteroatoms. The molecule has 0 radical (unpaired) electrons. The molecule has 1 fully saturated rings. The van der Waals surface area contributed by atoms with Crippen LogP contribution in [0, 0.1) is 11.8 Å². The van der Waals surface area contributed by atoms with E-state index in [0.717, 1.165) is 50.3 Å². The second kappa shape index (κ2) is 9.75. The third-order valence-electron chi connectivity index (χ3n) is 5.46. The van der Waals surface area contributed by atoms with E-state index >= 15 is 0 Å². The normalized spacial score (nSPS) is 16.0. The molecule has 1 amide bonds. The van der Waals surface area contributed by atoms with Crippen LogP contribution in [-0.4, -0.2) is 42.8 Å². The van der Waals surface area contributed by atoms with Gasteiger partial charge in [0.2, 0.25) is 5.91 Å². The highest BCUT2D eigenvalue weighted by Crippen LogP contribution is 2.20. The molecule has 4 nitrogen and oxygen atoms in total. The maximum Gasteiger partial charge on any atom is 0.222 e. The fourth-order valence-corrected chi connectivity index (χ4v) is 3.35. The van der Waals surface area contributed by atoms with Gasteiger partial charge in [0.05, 0.1) is 0 Å². The monoisotopic (exact) mass is 358 g/mol. The van der Waals surface area contributed by atoms with E-state index < -0.39 is 0 Å². The van der Waals surface area contributed by atoms with Gasteiger partial charge in [0.15, 0.2) is 5.78 Å². The van der Waals surface area contributed by atoms with Crippen LogP contribution in [0.2, 0.25) is 0 Å². The van der Waals surface area contributed by atoms with Crippen LogP contribution in [0.1, 0.15) is 63.7 Å². The summed E-state index contributed by atoms with van der Waals surface area (Å²) in [5.74, 6) is 1.22. The van der Waals surface area contributed by atoms with E-state index in [2.05, 4.69) is 18.7 Å². The number of hydrogen-bond donors (Lipinski definition) is 0. The second-order valence-electron chi connectivity index (χ2n) is 7.84. The molecule has 1 saturated heterocycles. The first-order valence-corrected chi connectivity index (χ1v) is 10.1. The number of rotatable bonds is 8. The summed E-state index contributed by atoms with van der Waals surface area (Å²) in [6.45, 7) is 11.6. The highest BCUT2D eigenvalue weighted by Gasteiger charge is 2.21. The van der Waals surface area contributed by atoms with Gasteiger partial charge in [-0.1, -0.05) is 40.5 Å². The van der Waals surface area contributed by atoms with E-state index in [1.807, 2.05) is 43.0 Å². The Hall–Kier alpha value is -1.84. The number of ketones is 1. The molecule has 144 valence electrons. The fourth-order valence-electron chi connectivity index (χ4n) is 3.35. The van der Waals surface area contributed by atoms with Gasteiger partial charge in [-0.15, -0.1) is 0 Å². The SMILES string of the molecule is CCC(C)CCCC(=O)N1CCN(c2ccc(C(=O)C(C)C)cc2)CC1. The molecule has 2 rings (SSSR count). The number of piperazine rings is 1. The van der Waals surface area contributed by atoms with Crippen LogP contribution in [0.15, 0.2) is 24.3 Å². The Kier molecular flexibility index (Phi) is 7.67. The van der Waals surface area contributed by atoms with E-state index in [9.17, 15) is 9.59 Å². The van der Waals surface area contributed by atoms with Crippen molar-refractivity contribution in [2.24, 2.45) is 11.8 Å². The first kappa shape index (κ1) is 20.5. The van der Waals surface area contributed by atoms with Crippen molar-refractivity contribution in [2.75, 3.05) is 31.1 Å². The number of anilines is 1. The van der Waals surface area contributed by atoms with Crippen molar-refractivity contribution >= 4 is 17.4 Å². The average Bonchev–Trinajstić information content (AvgIpc) is 2.67. The molecule has 1 heterocycles. The minimum atomic E-state index is 0.0238. The molecule has 0 bridgehead atoms. The van der Waals surface area contributed by atoms with E-state index in [4.69, 9.17) is 0 Å². The minimum Gasteiger partial charge on any atom is -0.368 e. The smallest absolute Gasteiger partial charge is 0.222 e. The number of Topliss-reactive ketones (excluding diaryl/α,β-unsaturated/α-hetero) is 1. The van der Waals surface area contributed by atoms with E-state index in [0.29, 0.717) is 18.2 Å². The largest absolute Gasteiger partial charge is 0.368 e. The lowest BCUT2D eigenvalue weighted by Crippen LogP contribution is -2.48. The summed E-state index contributed by atoms with van der Waals surface area (Å²) < 4.78 is 0. The molecule has 1 aliphatic rings. The van der Waals surface area contributed by atoms with E-state index in [1.165, 1.54) is 6.42 Å². The predicted molar refractivity (Wildman–Crippen MR) is 108 cm³/mol. The minimum absolute atomic E-state index is 0.0238. The Labute approximate surface area is 158 Å². The number of carbonyl (C=O) groups is 2. The van der Waals surface area contributed by atoms with Crippen LogP contribution in [0.5, 0.6) is 0 Å². The van der Waals surface area contributed by atoms with Crippen molar-refractivity contribution < 1.29 is 9.59 Å². The highest BCUT2D eigenvalue weighted by atomic mass is 16.2. The fraction of sp³-hybridized carbons (Fsp3) is 0.636. The molecule has 0 saturated carbocycles. The molecule has 0 N–H and O–H groups in total.